The molecule has 1 amide bonds. The average Bonchev–Trinajstić information content (AvgIpc) is 3.37. The molecule has 2 heterocycles. The summed E-state index contributed by atoms with van der Waals surface area (Å²) in [6.07, 6.45) is 1.28. The predicted octanol–water partition coefficient (Wildman–Crippen LogP) is 2.85. The quantitative estimate of drug-likeness (QED) is 0.287. The molecule has 2 aromatic heterocycles. The first-order chi connectivity index (χ1) is 18.1. The summed E-state index contributed by atoms with van der Waals surface area (Å²) >= 11 is 0. The van der Waals surface area contributed by atoms with E-state index in [-0.39, 0.29) is 42.5 Å². The summed E-state index contributed by atoms with van der Waals surface area (Å²) in [5, 5.41) is 25.6. The number of aryl methyl sites for hydroxylation is 1. The topological polar surface area (TPSA) is 150 Å². The molecule has 196 valence electrons. The lowest BCUT2D eigenvalue weighted by Crippen LogP contribution is -2.33. The lowest BCUT2D eigenvalue weighted by molar-refractivity contribution is -0.139. The van der Waals surface area contributed by atoms with Gasteiger partial charge in [0.15, 0.2) is 0 Å². The van der Waals surface area contributed by atoms with Crippen molar-refractivity contribution < 1.29 is 29.0 Å². The Bertz CT molecular complexity index is 1500. The van der Waals surface area contributed by atoms with E-state index in [1.54, 1.807) is 43.0 Å². The zero-order chi connectivity index (χ0) is 27.4. The summed E-state index contributed by atoms with van der Waals surface area (Å²) in [7, 11) is 0. The number of carbonyl (C=O) groups is 3. The van der Waals surface area contributed by atoms with Gasteiger partial charge >= 0.3 is 11.9 Å². The van der Waals surface area contributed by atoms with E-state index in [0.717, 1.165) is 0 Å². The number of carboxylic acids is 2. The third kappa shape index (κ3) is 5.98. The van der Waals surface area contributed by atoms with Gasteiger partial charge in [0, 0.05) is 19.1 Å². The van der Waals surface area contributed by atoms with Crippen LogP contribution in [0.1, 0.15) is 56.2 Å². The van der Waals surface area contributed by atoms with Crippen molar-refractivity contribution in [1.29, 1.82) is 0 Å². The minimum absolute atomic E-state index is 0.0434. The molecule has 11 nitrogen and oxygen atoms in total. The molecule has 0 fully saturated rings. The molecule has 2 aromatic carbocycles. The highest BCUT2D eigenvalue weighted by molar-refractivity contribution is 5.92. The van der Waals surface area contributed by atoms with Crippen LogP contribution in [0, 0.1) is 12.7 Å². The lowest BCUT2D eigenvalue weighted by Gasteiger charge is -2.28. The number of aromatic nitrogens is 4. The second-order valence-corrected chi connectivity index (χ2v) is 8.77. The van der Waals surface area contributed by atoms with Gasteiger partial charge in [0.1, 0.15) is 17.8 Å². The first-order valence-electron chi connectivity index (χ1n) is 11.6. The smallest absolute Gasteiger partial charge is 0.335 e. The number of aromatic carboxylic acids is 1. The van der Waals surface area contributed by atoms with Crippen LogP contribution >= 0.6 is 0 Å². The van der Waals surface area contributed by atoms with Crippen LogP contribution in [0.25, 0.3) is 5.78 Å². The molecule has 0 aliphatic heterocycles. The molecule has 0 aliphatic rings. The van der Waals surface area contributed by atoms with Gasteiger partial charge in [0.25, 0.3) is 11.7 Å². The molecule has 1 atom stereocenters. The number of benzene rings is 2. The number of fused-ring (bicyclic) bond motifs is 1. The lowest BCUT2D eigenvalue weighted by atomic mass is 10.0. The molecule has 38 heavy (non-hydrogen) atoms. The van der Waals surface area contributed by atoms with Crippen molar-refractivity contribution >= 4 is 23.6 Å². The summed E-state index contributed by atoms with van der Waals surface area (Å²) in [4.78, 5) is 45.7. The van der Waals surface area contributed by atoms with E-state index in [2.05, 4.69) is 20.4 Å². The van der Waals surface area contributed by atoms with E-state index < -0.39 is 23.9 Å². The molecular weight excluding hydrogens is 495 g/mol. The van der Waals surface area contributed by atoms with Crippen LogP contribution in [0.5, 0.6) is 0 Å². The molecule has 0 radical (unpaired) electrons. The maximum absolute atomic E-state index is 13.9. The van der Waals surface area contributed by atoms with Crippen molar-refractivity contribution in [2.75, 3.05) is 6.54 Å². The minimum atomic E-state index is -1.06. The van der Waals surface area contributed by atoms with E-state index >= 15 is 0 Å². The highest BCUT2D eigenvalue weighted by Gasteiger charge is 2.22. The Hall–Kier alpha value is -4.71. The van der Waals surface area contributed by atoms with Crippen molar-refractivity contribution in [2.24, 2.45) is 0 Å². The van der Waals surface area contributed by atoms with Crippen LogP contribution < -0.4 is 5.32 Å². The number of aliphatic carboxylic acids is 1. The Balaban J connectivity index is 1.59. The van der Waals surface area contributed by atoms with E-state index in [9.17, 15) is 23.9 Å². The molecular formula is C26H25FN6O5. The largest absolute Gasteiger partial charge is 0.480 e. The van der Waals surface area contributed by atoms with Crippen LogP contribution in [0.15, 0.2) is 54.9 Å². The number of carbonyl (C=O) groups excluding carboxylic acids is 1. The molecule has 0 saturated heterocycles. The first-order valence-corrected chi connectivity index (χ1v) is 11.6. The Labute approximate surface area is 216 Å². The molecule has 12 heteroatoms. The molecule has 4 rings (SSSR count). The number of hydrogen-bond acceptors (Lipinski definition) is 7. The fourth-order valence-electron chi connectivity index (χ4n) is 3.95. The second-order valence-electron chi connectivity index (χ2n) is 8.77. The summed E-state index contributed by atoms with van der Waals surface area (Å²) < 4.78 is 15.3. The van der Waals surface area contributed by atoms with Crippen molar-refractivity contribution in [3.05, 3.63) is 94.3 Å². The second kappa shape index (κ2) is 11.1. The third-order valence-corrected chi connectivity index (χ3v) is 6.14. The highest BCUT2D eigenvalue weighted by atomic mass is 19.1. The van der Waals surface area contributed by atoms with Gasteiger partial charge in [-0.05, 0) is 54.8 Å². The summed E-state index contributed by atoms with van der Waals surface area (Å²) in [5.41, 5.74) is 2.43. The van der Waals surface area contributed by atoms with Crippen molar-refractivity contribution in [1.82, 2.24) is 29.8 Å². The predicted molar refractivity (Wildman–Crippen MR) is 133 cm³/mol. The SMILES string of the molecule is Cc1ccc(CNC(=O)c2cc(CN(CC(=O)O)[C@H](C)c3ccc(C(=O)O)cc3)n3ncnc3n2)cc1F. The van der Waals surface area contributed by atoms with Crippen molar-refractivity contribution in [3.63, 3.8) is 0 Å². The molecule has 0 aliphatic carbocycles. The zero-order valence-electron chi connectivity index (χ0n) is 20.6. The number of nitrogens with zero attached hydrogens (tertiary/aromatic N) is 5. The number of nitrogens with one attached hydrogen (secondary N) is 1. The van der Waals surface area contributed by atoms with Crippen LogP contribution in [0.2, 0.25) is 0 Å². The Morgan fingerprint density at radius 1 is 1.11 bits per heavy atom. The van der Waals surface area contributed by atoms with Gasteiger partial charge in [0.05, 0.1) is 17.8 Å². The van der Waals surface area contributed by atoms with E-state index in [4.69, 9.17) is 5.11 Å². The van der Waals surface area contributed by atoms with Crippen molar-refractivity contribution in [3.8, 4) is 0 Å². The van der Waals surface area contributed by atoms with Gasteiger partial charge in [-0.15, -0.1) is 0 Å². The third-order valence-electron chi connectivity index (χ3n) is 6.14. The summed E-state index contributed by atoms with van der Waals surface area (Å²) in [6, 6.07) is 12.0. The van der Waals surface area contributed by atoms with E-state index in [0.29, 0.717) is 22.4 Å². The molecule has 0 bridgehead atoms. The van der Waals surface area contributed by atoms with Gasteiger partial charge in [-0.25, -0.2) is 18.7 Å². The molecule has 3 N–H and O–H groups in total. The number of hydrogen-bond donors (Lipinski definition) is 3. The summed E-state index contributed by atoms with van der Waals surface area (Å²) in [5.74, 6) is -2.85. The molecule has 0 saturated carbocycles. The highest BCUT2D eigenvalue weighted by Crippen LogP contribution is 2.23. The van der Waals surface area contributed by atoms with Crippen LogP contribution in [0.4, 0.5) is 4.39 Å². The van der Waals surface area contributed by atoms with Crippen LogP contribution in [-0.2, 0) is 17.9 Å². The molecule has 0 unspecified atom stereocenters. The molecule has 0 spiro atoms. The Kier molecular flexibility index (Phi) is 7.72. The van der Waals surface area contributed by atoms with Gasteiger partial charge < -0.3 is 15.5 Å². The number of carboxylic acid groups (broad SMARTS) is 2. The number of rotatable bonds is 10. The Morgan fingerprint density at radius 3 is 2.50 bits per heavy atom. The first kappa shape index (κ1) is 26.4. The van der Waals surface area contributed by atoms with E-state index in [1.807, 2.05) is 0 Å². The zero-order valence-corrected chi connectivity index (χ0v) is 20.6. The average molecular weight is 521 g/mol. The fraction of sp³-hybridized carbons (Fsp3) is 0.231. The summed E-state index contributed by atoms with van der Waals surface area (Å²) in [6.45, 7) is 3.27. The molecule has 4 aromatic rings. The maximum atomic E-state index is 13.9. The minimum Gasteiger partial charge on any atom is -0.480 e. The number of halogens is 1. The normalized spacial score (nSPS) is 12.0. The van der Waals surface area contributed by atoms with E-state index in [1.165, 1.54) is 35.1 Å². The Morgan fingerprint density at radius 2 is 1.84 bits per heavy atom. The van der Waals surface area contributed by atoms with Crippen molar-refractivity contribution in [2.45, 2.75) is 33.0 Å². The van der Waals surface area contributed by atoms with Gasteiger partial charge in [-0.3, -0.25) is 14.5 Å². The number of amides is 1. The van der Waals surface area contributed by atoms with Gasteiger partial charge in [-0.1, -0.05) is 24.3 Å². The maximum Gasteiger partial charge on any atom is 0.335 e. The van der Waals surface area contributed by atoms with Gasteiger partial charge in [0.2, 0.25) is 0 Å². The standard InChI is InChI=1S/C26H25FN6O5/c1-15-3-4-17(9-21(15)27)11-28-24(36)22-10-20(33-26(31-22)29-14-30-33)12-32(13-23(34)35)16(2)18-5-7-19(8-6-18)25(37)38/h3-10,14,16H,11-13H2,1-2H3,(H,28,36)(H,34,35)(H,37,38)/t16-/m1/s1. The fourth-order valence-corrected chi connectivity index (χ4v) is 3.95. The van der Waals surface area contributed by atoms with Crippen LogP contribution in [0.3, 0.4) is 0 Å². The van der Waals surface area contributed by atoms with Crippen LogP contribution in [-0.4, -0.2) is 59.1 Å². The monoisotopic (exact) mass is 520 g/mol. The van der Waals surface area contributed by atoms with Gasteiger partial charge in [-0.2, -0.15) is 10.1 Å².